The molecule has 3 aliphatic rings. The highest BCUT2D eigenvalue weighted by Gasteiger charge is 2.59. The van der Waals surface area contributed by atoms with E-state index in [-0.39, 0.29) is 54.5 Å². The number of phenols is 2. The van der Waals surface area contributed by atoms with Crippen LogP contribution in [0.3, 0.4) is 0 Å². The Morgan fingerprint density at radius 1 is 1.25 bits per heavy atom. The van der Waals surface area contributed by atoms with E-state index in [2.05, 4.69) is 9.57 Å². The smallest absolute Gasteiger partial charge is 0.381 e. The third-order valence-corrected chi connectivity index (χ3v) is 6.73. The zero-order valence-corrected chi connectivity index (χ0v) is 17.7. The fourth-order valence-electron chi connectivity index (χ4n) is 4.89. The van der Waals surface area contributed by atoms with Crippen LogP contribution in [0.5, 0.6) is 11.5 Å². The Kier molecular flexibility index (Phi) is 6.30. The molecule has 9 nitrogen and oxygen atoms in total. The van der Waals surface area contributed by atoms with Gasteiger partial charge in [0, 0.05) is 29.4 Å². The number of phenolic OH excluding ortho intramolecular Hbond substituents is 2. The van der Waals surface area contributed by atoms with Gasteiger partial charge in [0.15, 0.2) is 0 Å². The molecular weight excluding hydrogens is 432 g/mol. The Labute approximate surface area is 182 Å². The van der Waals surface area contributed by atoms with Crippen LogP contribution in [-0.2, 0) is 25.1 Å². The van der Waals surface area contributed by atoms with Gasteiger partial charge in [-0.05, 0) is 42.7 Å². The van der Waals surface area contributed by atoms with Crippen molar-refractivity contribution in [1.29, 1.82) is 0 Å². The van der Waals surface area contributed by atoms with E-state index in [9.17, 15) is 38.7 Å². The molecule has 1 aromatic rings. The van der Waals surface area contributed by atoms with Gasteiger partial charge in [0.2, 0.25) is 0 Å². The van der Waals surface area contributed by atoms with Crippen LogP contribution in [-0.4, -0.2) is 40.3 Å². The first-order chi connectivity index (χ1) is 14.9. The second-order valence-electron chi connectivity index (χ2n) is 8.90. The quantitative estimate of drug-likeness (QED) is 0.249. The summed E-state index contributed by atoms with van der Waals surface area (Å²) in [7, 11) is 0. The number of halogens is 2. The van der Waals surface area contributed by atoms with Crippen molar-refractivity contribution in [3.05, 3.63) is 33.4 Å². The summed E-state index contributed by atoms with van der Waals surface area (Å²) >= 11 is 0. The van der Waals surface area contributed by atoms with Crippen molar-refractivity contribution >= 4 is 11.8 Å². The minimum absolute atomic E-state index is 0.0117. The molecule has 2 N–H and O–H groups in total. The molecule has 176 valence electrons. The summed E-state index contributed by atoms with van der Waals surface area (Å²) in [6.45, 7) is 3.21. The van der Waals surface area contributed by atoms with Crippen LogP contribution in [0, 0.1) is 27.4 Å². The number of Topliss-reactive ketones (excluding diaryl/α,β-unsaturated/α-hetero) is 1. The molecule has 0 heterocycles. The van der Waals surface area contributed by atoms with Crippen molar-refractivity contribution in [2.24, 2.45) is 17.3 Å². The Balaban J connectivity index is 1.70. The van der Waals surface area contributed by atoms with Crippen molar-refractivity contribution in [3.63, 3.8) is 0 Å². The van der Waals surface area contributed by atoms with Gasteiger partial charge in [0.25, 0.3) is 5.09 Å². The average Bonchev–Trinajstić information content (AvgIpc) is 2.68. The number of hydrogen-bond acceptors (Lipinski definition) is 8. The zero-order chi connectivity index (χ0) is 23.8. The summed E-state index contributed by atoms with van der Waals surface area (Å²) in [4.78, 5) is 38.3. The highest BCUT2D eigenvalue weighted by atomic mass is 19.3. The van der Waals surface area contributed by atoms with E-state index in [0.29, 0.717) is 18.6 Å². The van der Waals surface area contributed by atoms with Crippen molar-refractivity contribution in [2.75, 3.05) is 13.2 Å². The molecule has 0 amide bonds. The van der Waals surface area contributed by atoms with E-state index in [1.807, 2.05) is 13.8 Å². The molecule has 4 rings (SSSR count). The lowest BCUT2D eigenvalue weighted by Crippen LogP contribution is -2.56. The van der Waals surface area contributed by atoms with Gasteiger partial charge in [0.1, 0.15) is 17.3 Å². The highest BCUT2D eigenvalue weighted by Crippen LogP contribution is 2.64. The molecule has 0 aromatic heterocycles. The number of carbonyl (C=O) groups is 2. The van der Waals surface area contributed by atoms with Crippen LogP contribution in [0.15, 0.2) is 12.1 Å². The van der Waals surface area contributed by atoms with Gasteiger partial charge in [-0.3, -0.25) is 4.79 Å². The lowest BCUT2D eigenvalue weighted by atomic mass is 9.44. The standard InChI is InChI=1S/C21H25F2NO8/c1-20(2)13-10-14(20)15(25)9-12(13)18-16(26)7-11(8-17(18)27)21(22,23)19(28)31-5-3-4-6-32-24(29)30/h7-8,12-14,26-27H,3-6,9-10H2,1-2H3/t12-,13+,14-/m1/s1. The molecular formula is C21H25F2NO8. The number of unbranched alkanes of at least 4 members (excludes halogenated alkanes) is 1. The summed E-state index contributed by atoms with van der Waals surface area (Å²) in [6.07, 6.45) is 0.914. The first kappa shape index (κ1) is 23.7. The summed E-state index contributed by atoms with van der Waals surface area (Å²) in [5, 5.41) is 29.9. The number of fused-ring (bicyclic) bond motifs is 2. The van der Waals surface area contributed by atoms with Crippen molar-refractivity contribution in [1.82, 2.24) is 0 Å². The average molecular weight is 457 g/mol. The molecule has 3 fully saturated rings. The molecule has 2 bridgehead atoms. The molecule has 11 heteroatoms. The second-order valence-corrected chi connectivity index (χ2v) is 8.90. The molecule has 0 spiro atoms. The Morgan fingerprint density at radius 2 is 1.84 bits per heavy atom. The summed E-state index contributed by atoms with van der Waals surface area (Å²) < 4.78 is 33.7. The normalized spacial score (nSPS) is 23.9. The number of ether oxygens (including phenoxy) is 1. The fraction of sp³-hybridized carbons (Fsp3) is 0.619. The van der Waals surface area contributed by atoms with Crippen LogP contribution in [0.4, 0.5) is 8.78 Å². The SMILES string of the molecule is CC1(C)[C@@H]2C[C@H]1[C@H](c1c(O)cc(C(F)(F)C(=O)OCCCCO[N+](=O)[O-])cc1O)CC2=O. The fourth-order valence-corrected chi connectivity index (χ4v) is 4.89. The Morgan fingerprint density at radius 3 is 2.38 bits per heavy atom. The molecule has 0 aliphatic heterocycles. The van der Waals surface area contributed by atoms with E-state index in [1.165, 1.54) is 0 Å². The Hall–Kier alpha value is -2.98. The Bertz CT molecular complexity index is 909. The van der Waals surface area contributed by atoms with Gasteiger partial charge < -0.3 is 19.8 Å². The number of aromatic hydroxyl groups is 2. The number of carbonyl (C=O) groups excluding carboxylic acids is 2. The van der Waals surface area contributed by atoms with Crippen LogP contribution < -0.4 is 0 Å². The molecule has 3 atom stereocenters. The maximum absolute atomic E-state index is 14.6. The maximum atomic E-state index is 14.6. The van der Waals surface area contributed by atoms with E-state index >= 15 is 0 Å². The number of nitrogens with zero attached hydrogens (tertiary/aromatic N) is 1. The van der Waals surface area contributed by atoms with Gasteiger partial charge in [0.05, 0.1) is 13.2 Å². The third-order valence-electron chi connectivity index (χ3n) is 6.73. The zero-order valence-electron chi connectivity index (χ0n) is 17.7. The molecule has 32 heavy (non-hydrogen) atoms. The van der Waals surface area contributed by atoms with Crippen molar-refractivity contribution in [3.8, 4) is 11.5 Å². The first-order valence-electron chi connectivity index (χ1n) is 10.3. The van der Waals surface area contributed by atoms with E-state index in [1.54, 1.807) is 0 Å². The highest BCUT2D eigenvalue weighted by molar-refractivity contribution is 5.86. The van der Waals surface area contributed by atoms with Gasteiger partial charge in [-0.15, -0.1) is 10.1 Å². The van der Waals surface area contributed by atoms with E-state index < -0.39 is 46.6 Å². The third kappa shape index (κ3) is 4.20. The van der Waals surface area contributed by atoms with Gasteiger partial charge in [-0.1, -0.05) is 13.8 Å². The van der Waals surface area contributed by atoms with Crippen molar-refractivity contribution < 1.29 is 43.2 Å². The summed E-state index contributed by atoms with van der Waals surface area (Å²) in [5.74, 6) is -7.79. The summed E-state index contributed by atoms with van der Waals surface area (Å²) in [6, 6.07) is 1.42. The van der Waals surface area contributed by atoms with Gasteiger partial charge >= 0.3 is 11.9 Å². The van der Waals surface area contributed by atoms with Crippen LogP contribution >= 0.6 is 0 Å². The predicted octanol–water partition coefficient (Wildman–Crippen LogP) is 3.44. The number of rotatable bonds is 9. The number of benzene rings is 1. The van der Waals surface area contributed by atoms with Crippen LogP contribution in [0.2, 0.25) is 0 Å². The van der Waals surface area contributed by atoms with E-state index in [0.717, 1.165) is 0 Å². The minimum Gasteiger partial charge on any atom is -0.508 e. The first-order valence-corrected chi connectivity index (χ1v) is 10.3. The topological polar surface area (TPSA) is 136 Å². The molecule has 0 radical (unpaired) electrons. The summed E-state index contributed by atoms with van der Waals surface area (Å²) in [5.41, 5.74) is -1.21. The predicted molar refractivity (Wildman–Crippen MR) is 105 cm³/mol. The van der Waals surface area contributed by atoms with Crippen molar-refractivity contribution in [2.45, 2.75) is 51.4 Å². The molecule has 3 aliphatic carbocycles. The number of esters is 1. The largest absolute Gasteiger partial charge is 0.508 e. The van der Waals surface area contributed by atoms with E-state index in [4.69, 9.17) is 0 Å². The monoisotopic (exact) mass is 457 g/mol. The molecule has 0 saturated heterocycles. The van der Waals surface area contributed by atoms with Crippen LogP contribution in [0.1, 0.15) is 56.6 Å². The molecule has 1 aromatic carbocycles. The second kappa shape index (κ2) is 8.51. The lowest BCUT2D eigenvalue weighted by molar-refractivity contribution is -0.757. The van der Waals surface area contributed by atoms with Gasteiger partial charge in [-0.2, -0.15) is 8.78 Å². The van der Waals surface area contributed by atoms with Gasteiger partial charge in [-0.25, -0.2) is 4.79 Å². The number of ketones is 1. The van der Waals surface area contributed by atoms with Crippen LogP contribution in [0.25, 0.3) is 0 Å². The maximum Gasteiger partial charge on any atom is 0.381 e. The molecule has 3 saturated carbocycles. The minimum atomic E-state index is -4.14. The number of hydrogen-bond donors (Lipinski definition) is 2. The number of alkyl halides is 2. The molecule has 0 unspecified atom stereocenters. The lowest BCUT2D eigenvalue weighted by Gasteiger charge is -2.59.